The zero-order chi connectivity index (χ0) is 14.1. The van der Waals surface area contributed by atoms with E-state index in [2.05, 4.69) is 4.90 Å². The first kappa shape index (κ1) is 13.7. The van der Waals surface area contributed by atoms with Crippen LogP contribution in [0.15, 0.2) is 0 Å². The van der Waals surface area contributed by atoms with Gasteiger partial charge >= 0.3 is 12.0 Å². The topological polar surface area (TPSA) is 64.1 Å². The molecule has 1 unspecified atom stereocenters. The van der Waals surface area contributed by atoms with Gasteiger partial charge in [0.05, 0.1) is 0 Å². The molecule has 0 spiro atoms. The molecule has 0 radical (unpaired) electrons. The summed E-state index contributed by atoms with van der Waals surface area (Å²) >= 11 is 0. The highest BCUT2D eigenvalue weighted by Gasteiger charge is 2.39. The molecule has 0 aromatic heterocycles. The van der Waals surface area contributed by atoms with Gasteiger partial charge in [-0.15, -0.1) is 0 Å². The van der Waals surface area contributed by atoms with Crippen molar-refractivity contribution in [3.63, 3.8) is 0 Å². The van der Waals surface area contributed by atoms with Crippen LogP contribution in [0, 0.1) is 0 Å². The van der Waals surface area contributed by atoms with Crippen molar-refractivity contribution in [3.8, 4) is 0 Å². The minimum absolute atomic E-state index is 0.0726. The number of nitrogens with zero attached hydrogens (tertiary/aromatic N) is 3. The van der Waals surface area contributed by atoms with Gasteiger partial charge in [-0.25, -0.2) is 9.59 Å². The molecule has 3 rings (SSSR count). The van der Waals surface area contributed by atoms with Gasteiger partial charge < -0.3 is 14.9 Å². The van der Waals surface area contributed by atoms with E-state index in [4.69, 9.17) is 0 Å². The van der Waals surface area contributed by atoms with Crippen molar-refractivity contribution in [1.29, 1.82) is 0 Å². The molecule has 3 aliphatic heterocycles. The van der Waals surface area contributed by atoms with Crippen LogP contribution in [0.25, 0.3) is 0 Å². The van der Waals surface area contributed by atoms with Crippen molar-refractivity contribution in [2.45, 2.75) is 44.2 Å². The van der Waals surface area contributed by atoms with Crippen molar-refractivity contribution in [2.24, 2.45) is 0 Å². The first-order chi connectivity index (χ1) is 9.66. The Morgan fingerprint density at radius 1 is 0.950 bits per heavy atom. The molecule has 3 fully saturated rings. The highest BCUT2D eigenvalue weighted by molar-refractivity contribution is 5.83. The van der Waals surface area contributed by atoms with E-state index in [1.165, 1.54) is 12.8 Å². The zero-order valence-electron chi connectivity index (χ0n) is 11.8. The molecule has 0 bridgehead atoms. The number of rotatable bonds is 2. The maximum atomic E-state index is 12.5. The standard InChI is InChI=1S/C14H23N3O3/c18-13(19)12-4-3-8-17(12)14(20)16-9-5-11(10-16)15-6-1-2-7-15/h11-12H,1-10H2,(H,18,19)/t11?,12-/m0/s1. The van der Waals surface area contributed by atoms with E-state index in [-0.39, 0.29) is 6.03 Å². The third-order valence-electron chi connectivity index (χ3n) is 4.87. The van der Waals surface area contributed by atoms with Crippen LogP contribution in [0.2, 0.25) is 0 Å². The Morgan fingerprint density at radius 3 is 2.40 bits per heavy atom. The van der Waals surface area contributed by atoms with Gasteiger partial charge in [0, 0.05) is 25.7 Å². The van der Waals surface area contributed by atoms with Gasteiger partial charge in [0.25, 0.3) is 0 Å². The molecule has 6 nitrogen and oxygen atoms in total. The third-order valence-corrected chi connectivity index (χ3v) is 4.87. The number of carbonyl (C=O) groups excluding carboxylic acids is 1. The van der Waals surface area contributed by atoms with Crippen LogP contribution < -0.4 is 0 Å². The fourth-order valence-corrected chi connectivity index (χ4v) is 3.75. The Bertz CT molecular complexity index is 395. The Hall–Kier alpha value is -1.30. The SMILES string of the molecule is O=C(O)[C@@H]1CCCN1C(=O)N1CCC(N2CCCC2)C1. The fourth-order valence-electron chi connectivity index (χ4n) is 3.75. The average Bonchev–Trinajstić information content (AvgIpc) is 3.17. The lowest BCUT2D eigenvalue weighted by molar-refractivity contribution is -0.141. The van der Waals surface area contributed by atoms with E-state index in [1.54, 1.807) is 4.90 Å². The summed E-state index contributed by atoms with van der Waals surface area (Å²) in [6.45, 7) is 4.41. The van der Waals surface area contributed by atoms with Crippen molar-refractivity contribution in [3.05, 3.63) is 0 Å². The normalized spacial score (nSPS) is 31.2. The second-order valence-corrected chi connectivity index (χ2v) is 6.10. The molecule has 0 saturated carbocycles. The molecule has 20 heavy (non-hydrogen) atoms. The molecule has 0 aromatic rings. The summed E-state index contributed by atoms with van der Waals surface area (Å²) < 4.78 is 0. The second-order valence-electron chi connectivity index (χ2n) is 6.10. The van der Waals surface area contributed by atoms with Crippen LogP contribution in [0.3, 0.4) is 0 Å². The van der Waals surface area contributed by atoms with Gasteiger partial charge in [0.15, 0.2) is 0 Å². The number of hydrogen-bond acceptors (Lipinski definition) is 3. The average molecular weight is 281 g/mol. The van der Waals surface area contributed by atoms with E-state index in [0.29, 0.717) is 19.0 Å². The molecule has 6 heteroatoms. The highest BCUT2D eigenvalue weighted by atomic mass is 16.4. The fraction of sp³-hybridized carbons (Fsp3) is 0.857. The predicted molar refractivity (Wildman–Crippen MR) is 73.5 cm³/mol. The van der Waals surface area contributed by atoms with Crippen molar-refractivity contribution >= 4 is 12.0 Å². The van der Waals surface area contributed by atoms with Gasteiger partial charge in [-0.3, -0.25) is 4.90 Å². The molecule has 3 aliphatic rings. The summed E-state index contributed by atoms with van der Waals surface area (Å²) in [4.78, 5) is 29.6. The number of aliphatic carboxylic acids is 1. The number of urea groups is 1. The smallest absolute Gasteiger partial charge is 0.326 e. The van der Waals surface area contributed by atoms with Crippen molar-refractivity contribution in [2.75, 3.05) is 32.7 Å². The summed E-state index contributed by atoms with van der Waals surface area (Å²) in [6.07, 6.45) is 4.93. The maximum Gasteiger partial charge on any atom is 0.326 e. The van der Waals surface area contributed by atoms with Gasteiger partial charge in [0.2, 0.25) is 0 Å². The maximum absolute atomic E-state index is 12.5. The number of carbonyl (C=O) groups is 2. The second kappa shape index (κ2) is 5.60. The monoisotopic (exact) mass is 281 g/mol. The Labute approximate surface area is 119 Å². The lowest BCUT2D eigenvalue weighted by atomic mass is 10.2. The summed E-state index contributed by atoms with van der Waals surface area (Å²) in [6, 6.07) is -0.211. The van der Waals surface area contributed by atoms with Crippen LogP contribution in [0.1, 0.15) is 32.1 Å². The molecule has 2 amide bonds. The number of carboxylic acid groups (broad SMARTS) is 1. The molecule has 0 aliphatic carbocycles. The third kappa shape index (κ3) is 2.49. The molecule has 2 atom stereocenters. The van der Waals surface area contributed by atoms with Gasteiger partial charge in [-0.1, -0.05) is 0 Å². The van der Waals surface area contributed by atoms with Crippen LogP contribution in [-0.2, 0) is 4.79 Å². The Morgan fingerprint density at radius 2 is 1.70 bits per heavy atom. The molecule has 3 saturated heterocycles. The number of carboxylic acids is 1. The van der Waals surface area contributed by atoms with Crippen molar-refractivity contribution in [1.82, 2.24) is 14.7 Å². The van der Waals surface area contributed by atoms with Crippen LogP contribution in [-0.4, -0.2) is 76.6 Å². The quantitative estimate of drug-likeness (QED) is 0.814. The van der Waals surface area contributed by atoms with Crippen molar-refractivity contribution < 1.29 is 14.7 Å². The number of amides is 2. The molecular weight excluding hydrogens is 258 g/mol. The first-order valence-electron chi connectivity index (χ1n) is 7.69. The van der Waals surface area contributed by atoms with Crippen LogP contribution in [0.4, 0.5) is 4.79 Å². The Balaban J connectivity index is 1.59. The largest absolute Gasteiger partial charge is 0.480 e. The zero-order valence-corrected chi connectivity index (χ0v) is 11.8. The van der Waals surface area contributed by atoms with E-state index in [9.17, 15) is 14.7 Å². The molecular formula is C14H23N3O3. The van der Waals surface area contributed by atoms with Crippen LogP contribution in [0.5, 0.6) is 0 Å². The summed E-state index contributed by atoms with van der Waals surface area (Å²) in [5, 5.41) is 9.18. The predicted octanol–water partition coefficient (Wildman–Crippen LogP) is 0.825. The van der Waals surface area contributed by atoms with Crippen LogP contribution >= 0.6 is 0 Å². The minimum atomic E-state index is -0.869. The summed E-state index contributed by atoms with van der Waals surface area (Å²) in [7, 11) is 0. The summed E-state index contributed by atoms with van der Waals surface area (Å²) in [5.74, 6) is -0.869. The number of likely N-dealkylation sites (tertiary alicyclic amines) is 3. The van der Waals surface area contributed by atoms with E-state index < -0.39 is 12.0 Å². The van der Waals surface area contributed by atoms with E-state index >= 15 is 0 Å². The molecule has 3 heterocycles. The lowest BCUT2D eigenvalue weighted by Gasteiger charge is -2.28. The van der Waals surface area contributed by atoms with Gasteiger partial charge in [0.1, 0.15) is 6.04 Å². The number of hydrogen-bond donors (Lipinski definition) is 1. The van der Waals surface area contributed by atoms with E-state index in [0.717, 1.165) is 39.0 Å². The molecule has 112 valence electrons. The lowest BCUT2D eigenvalue weighted by Crippen LogP contribution is -2.48. The minimum Gasteiger partial charge on any atom is -0.480 e. The molecule has 0 aromatic carbocycles. The van der Waals surface area contributed by atoms with E-state index in [1.807, 2.05) is 4.90 Å². The molecule has 1 N–H and O–H groups in total. The summed E-state index contributed by atoms with van der Waals surface area (Å²) in [5.41, 5.74) is 0. The van der Waals surface area contributed by atoms with Gasteiger partial charge in [-0.05, 0) is 45.2 Å². The first-order valence-corrected chi connectivity index (χ1v) is 7.69. The Kier molecular flexibility index (Phi) is 3.83. The van der Waals surface area contributed by atoms with Gasteiger partial charge in [-0.2, -0.15) is 0 Å². The highest BCUT2D eigenvalue weighted by Crippen LogP contribution is 2.24.